The Morgan fingerprint density at radius 2 is 2.12 bits per heavy atom. The Hall–Kier alpha value is 0.620. The second-order valence-corrected chi connectivity index (χ2v) is 8.60. The van der Waals surface area contributed by atoms with Crippen molar-refractivity contribution in [3.05, 3.63) is 19.2 Å². The Morgan fingerprint density at radius 3 is 2.65 bits per heavy atom. The molecule has 1 aromatic rings. The molecule has 0 radical (unpaired) electrons. The SMILES string of the molecule is CNC(CCC1CCCC1)c1cc(Br)sc1Br. The third kappa shape index (κ3) is 3.79. The van der Waals surface area contributed by atoms with E-state index < -0.39 is 0 Å². The molecule has 1 atom stereocenters. The lowest BCUT2D eigenvalue weighted by Gasteiger charge is -2.18. The van der Waals surface area contributed by atoms with Gasteiger partial charge < -0.3 is 5.32 Å². The third-order valence-corrected chi connectivity index (χ3v) is 6.13. The highest BCUT2D eigenvalue weighted by molar-refractivity contribution is 9.12. The van der Waals surface area contributed by atoms with Crippen LogP contribution in [-0.2, 0) is 0 Å². The lowest BCUT2D eigenvalue weighted by Crippen LogP contribution is -2.17. The van der Waals surface area contributed by atoms with Crippen LogP contribution in [0.5, 0.6) is 0 Å². The van der Waals surface area contributed by atoms with E-state index in [1.807, 2.05) is 0 Å². The fourth-order valence-corrected chi connectivity index (χ4v) is 5.72. The van der Waals surface area contributed by atoms with Gasteiger partial charge in [-0.2, -0.15) is 0 Å². The highest BCUT2D eigenvalue weighted by Gasteiger charge is 2.19. The fraction of sp³-hybridized carbons (Fsp3) is 0.692. The van der Waals surface area contributed by atoms with Crippen molar-refractivity contribution in [3.8, 4) is 0 Å². The lowest BCUT2D eigenvalue weighted by atomic mass is 9.96. The molecule has 1 heterocycles. The quantitative estimate of drug-likeness (QED) is 0.710. The number of hydrogen-bond donors (Lipinski definition) is 1. The second kappa shape index (κ2) is 6.69. The normalized spacial score (nSPS) is 18.8. The van der Waals surface area contributed by atoms with Gasteiger partial charge in [-0.05, 0) is 69.3 Å². The molecule has 1 aromatic heterocycles. The minimum atomic E-state index is 0.493. The first-order valence-electron chi connectivity index (χ1n) is 6.32. The zero-order valence-electron chi connectivity index (χ0n) is 10.1. The van der Waals surface area contributed by atoms with Crippen molar-refractivity contribution in [1.29, 1.82) is 0 Å². The van der Waals surface area contributed by atoms with E-state index in [2.05, 4.69) is 50.3 Å². The topological polar surface area (TPSA) is 12.0 Å². The smallest absolute Gasteiger partial charge is 0.0758 e. The maximum absolute atomic E-state index is 3.66. The molecule has 0 spiro atoms. The van der Waals surface area contributed by atoms with E-state index in [1.54, 1.807) is 11.3 Å². The van der Waals surface area contributed by atoms with Gasteiger partial charge in [0.1, 0.15) is 0 Å². The summed E-state index contributed by atoms with van der Waals surface area (Å²) >= 11 is 8.98. The second-order valence-electron chi connectivity index (χ2n) is 4.85. The van der Waals surface area contributed by atoms with Crippen LogP contribution in [0.4, 0.5) is 0 Å². The van der Waals surface area contributed by atoms with Crippen molar-refractivity contribution in [3.63, 3.8) is 0 Å². The molecule has 0 bridgehead atoms. The first-order chi connectivity index (χ1) is 8.20. The van der Waals surface area contributed by atoms with Gasteiger partial charge >= 0.3 is 0 Å². The van der Waals surface area contributed by atoms with Crippen LogP contribution in [-0.4, -0.2) is 7.05 Å². The molecule has 1 aliphatic carbocycles. The standard InChI is InChI=1S/C13H19Br2NS/c1-16-11(7-6-9-4-2-3-5-9)10-8-12(14)17-13(10)15/h8-9,11,16H,2-7H2,1H3. The van der Waals surface area contributed by atoms with Gasteiger partial charge in [0.15, 0.2) is 0 Å². The molecule has 1 N–H and O–H groups in total. The summed E-state index contributed by atoms with van der Waals surface area (Å²) in [4.78, 5) is 0. The molecule has 17 heavy (non-hydrogen) atoms. The number of rotatable bonds is 5. The predicted molar refractivity (Wildman–Crippen MR) is 82.7 cm³/mol. The first kappa shape index (κ1) is 14.0. The van der Waals surface area contributed by atoms with Gasteiger partial charge in [0.25, 0.3) is 0 Å². The molecule has 1 fully saturated rings. The van der Waals surface area contributed by atoms with E-state index in [0.717, 1.165) is 5.92 Å². The maximum atomic E-state index is 3.66. The summed E-state index contributed by atoms with van der Waals surface area (Å²) in [6.45, 7) is 0. The van der Waals surface area contributed by atoms with E-state index in [-0.39, 0.29) is 0 Å². The summed E-state index contributed by atoms with van der Waals surface area (Å²) in [5.41, 5.74) is 1.40. The number of halogens is 2. The predicted octanol–water partition coefficient (Wildman–Crippen LogP) is 5.50. The van der Waals surface area contributed by atoms with E-state index in [1.165, 1.54) is 51.7 Å². The summed E-state index contributed by atoms with van der Waals surface area (Å²) < 4.78 is 2.47. The summed E-state index contributed by atoms with van der Waals surface area (Å²) in [7, 11) is 2.07. The van der Waals surface area contributed by atoms with Gasteiger partial charge in [-0.25, -0.2) is 0 Å². The van der Waals surface area contributed by atoms with Gasteiger partial charge in [-0.3, -0.25) is 0 Å². The van der Waals surface area contributed by atoms with Crippen molar-refractivity contribution in [1.82, 2.24) is 5.32 Å². The molecule has 0 saturated heterocycles. The van der Waals surface area contributed by atoms with Gasteiger partial charge in [0, 0.05) is 6.04 Å². The van der Waals surface area contributed by atoms with Crippen LogP contribution in [0.25, 0.3) is 0 Å². The molecule has 0 aromatic carbocycles. The Kier molecular flexibility index (Phi) is 5.52. The van der Waals surface area contributed by atoms with E-state index in [9.17, 15) is 0 Å². The largest absolute Gasteiger partial charge is 0.313 e. The maximum Gasteiger partial charge on any atom is 0.0758 e. The Bertz CT molecular complexity index is 358. The van der Waals surface area contributed by atoms with Gasteiger partial charge in [-0.15, -0.1) is 11.3 Å². The highest BCUT2D eigenvalue weighted by Crippen LogP contribution is 2.38. The van der Waals surface area contributed by atoms with Crippen molar-refractivity contribution in [2.24, 2.45) is 5.92 Å². The van der Waals surface area contributed by atoms with Crippen LogP contribution in [0.3, 0.4) is 0 Å². The number of hydrogen-bond acceptors (Lipinski definition) is 2. The average molecular weight is 381 g/mol. The Morgan fingerprint density at radius 1 is 1.41 bits per heavy atom. The molecule has 1 aliphatic rings. The van der Waals surface area contributed by atoms with Crippen LogP contribution in [0.15, 0.2) is 13.6 Å². The van der Waals surface area contributed by atoms with E-state index in [4.69, 9.17) is 0 Å². The number of thiophene rings is 1. The van der Waals surface area contributed by atoms with Crippen LogP contribution < -0.4 is 5.32 Å². The van der Waals surface area contributed by atoms with Gasteiger partial charge in [0.2, 0.25) is 0 Å². The van der Waals surface area contributed by atoms with Crippen LogP contribution in [0.2, 0.25) is 0 Å². The van der Waals surface area contributed by atoms with Crippen molar-refractivity contribution < 1.29 is 0 Å². The molecule has 0 amide bonds. The third-order valence-electron chi connectivity index (χ3n) is 3.75. The minimum Gasteiger partial charge on any atom is -0.313 e. The van der Waals surface area contributed by atoms with Crippen LogP contribution in [0.1, 0.15) is 50.1 Å². The molecular weight excluding hydrogens is 362 g/mol. The molecule has 1 nitrogen and oxygen atoms in total. The fourth-order valence-electron chi connectivity index (χ4n) is 2.75. The van der Waals surface area contributed by atoms with Crippen LogP contribution in [0, 0.1) is 5.92 Å². The van der Waals surface area contributed by atoms with Gasteiger partial charge in [-0.1, -0.05) is 25.7 Å². The molecule has 1 saturated carbocycles. The van der Waals surface area contributed by atoms with Crippen LogP contribution >= 0.6 is 43.2 Å². The van der Waals surface area contributed by atoms with Crippen molar-refractivity contribution in [2.45, 2.75) is 44.6 Å². The summed E-state index contributed by atoms with van der Waals surface area (Å²) in [6, 6.07) is 2.73. The molecule has 0 aliphatic heterocycles. The average Bonchev–Trinajstić information content (AvgIpc) is 2.90. The first-order valence-corrected chi connectivity index (χ1v) is 8.73. The van der Waals surface area contributed by atoms with Crippen molar-refractivity contribution >= 4 is 43.2 Å². The van der Waals surface area contributed by atoms with E-state index in [0.29, 0.717) is 6.04 Å². The monoisotopic (exact) mass is 379 g/mol. The zero-order valence-corrected chi connectivity index (χ0v) is 14.1. The summed E-state index contributed by atoms with van der Waals surface area (Å²) in [5.74, 6) is 0.978. The minimum absolute atomic E-state index is 0.493. The summed E-state index contributed by atoms with van der Waals surface area (Å²) in [6.07, 6.45) is 8.41. The van der Waals surface area contributed by atoms with Gasteiger partial charge in [0.05, 0.1) is 7.57 Å². The molecule has 1 unspecified atom stereocenters. The Labute approximate surface area is 125 Å². The molecule has 96 valence electrons. The van der Waals surface area contributed by atoms with E-state index >= 15 is 0 Å². The summed E-state index contributed by atoms with van der Waals surface area (Å²) in [5, 5.41) is 3.45. The molecule has 4 heteroatoms. The number of nitrogens with one attached hydrogen (secondary N) is 1. The van der Waals surface area contributed by atoms with Crippen molar-refractivity contribution in [2.75, 3.05) is 7.05 Å². The molecular formula is C13H19Br2NS. The zero-order chi connectivity index (χ0) is 12.3. The highest BCUT2D eigenvalue weighted by atomic mass is 79.9. The Balaban J connectivity index is 1.93. The molecule has 2 rings (SSSR count). The lowest BCUT2D eigenvalue weighted by molar-refractivity contribution is 0.427.